The van der Waals surface area contributed by atoms with Gasteiger partial charge in [0.15, 0.2) is 0 Å². The second-order valence-electron chi connectivity index (χ2n) is 16.5. The van der Waals surface area contributed by atoms with Crippen LogP contribution in [0.15, 0.2) is 72.8 Å². The zero-order valence-electron chi connectivity index (χ0n) is 36.1. The molecule has 0 aliphatic carbocycles. The first kappa shape index (κ1) is 50.6. The van der Waals surface area contributed by atoms with Gasteiger partial charge in [0.25, 0.3) is 0 Å². The number of amides is 1. The molecule has 0 bridgehead atoms. The first-order valence-electron chi connectivity index (χ1n) is 19.3. The number of aryl methyl sites for hydroxylation is 5. The van der Waals surface area contributed by atoms with E-state index >= 15 is 0 Å². The molecule has 2 heterocycles. The Morgan fingerprint density at radius 1 is 0.763 bits per heavy atom. The zero-order valence-corrected chi connectivity index (χ0v) is 36.9. The van der Waals surface area contributed by atoms with Crippen molar-refractivity contribution in [2.45, 2.75) is 106 Å². The minimum absolute atomic E-state index is 0. The summed E-state index contributed by atoms with van der Waals surface area (Å²) in [6.07, 6.45) is 0.191. The molecule has 6 rings (SSSR count). The highest BCUT2D eigenvalue weighted by atomic mass is 35.5. The van der Waals surface area contributed by atoms with E-state index in [1.165, 1.54) is 34.7 Å². The van der Waals surface area contributed by atoms with E-state index in [9.17, 15) is 19.6 Å². The van der Waals surface area contributed by atoms with Crippen molar-refractivity contribution in [3.05, 3.63) is 123 Å². The van der Waals surface area contributed by atoms with Gasteiger partial charge in [-0.25, -0.2) is 0 Å². The van der Waals surface area contributed by atoms with E-state index in [0.717, 1.165) is 33.2 Å². The molecular formula is C45H59B2ClN2O9. The van der Waals surface area contributed by atoms with Crippen LogP contribution >= 0.6 is 12.4 Å². The van der Waals surface area contributed by atoms with Crippen molar-refractivity contribution < 1.29 is 43.3 Å². The number of nitrogens with one attached hydrogen (secondary N) is 1. The summed E-state index contributed by atoms with van der Waals surface area (Å²) in [7, 11) is -1.72. The zero-order chi connectivity index (χ0) is 43.5. The largest absolute Gasteiger partial charge is 0.492 e. The van der Waals surface area contributed by atoms with Crippen molar-refractivity contribution in [3.8, 4) is 5.75 Å². The van der Waals surface area contributed by atoms with Crippen LogP contribution in [0.5, 0.6) is 5.75 Å². The number of nitrogens with two attached hydrogens (primary N) is 1. The van der Waals surface area contributed by atoms with Gasteiger partial charge < -0.3 is 35.1 Å². The van der Waals surface area contributed by atoms with Crippen LogP contribution in [0.3, 0.4) is 0 Å². The lowest BCUT2D eigenvalue weighted by molar-refractivity contribution is -0.191. The van der Waals surface area contributed by atoms with Gasteiger partial charge in [-0.2, -0.15) is 9.59 Å². The lowest BCUT2D eigenvalue weighted by atomic mass is 9.76. The van der Waals surface area contributed by atoms with E-state index in [0.29, 0.717) is 25.3 Å². The summed E-state index contributed by atoms with van der Waals surface area (Å²) in [4.78, 5) is 40.0. The Bertz CT molecular complexity index is 2080. The smallest absolute Gasteiger partial charge is 0.426 e. The van der Waals surface area contributed by atoms with Crippen molar-refractivity contribution >= 4 is 55.6 Å². The van der Waals surface area contributed by atoms with E-state index in [2.05, 4.69) is 85.8 Å². The molecule has 59 heavy (non-hydrogen) atoms. The van der Waals surface area contributed by atoms with Crippen LogP contribution < -0.4 is 26.7 Å². The Hall–Kier alpha value is -4.58. The van der Waals surface area contributed by atoms with E-state index in [1.54, 1.807) is 0 Å². The molecule has 0 aromatic heterocycles. The Balaban J connectivity index is 0.000000318. The number of benzene rings is 4. The first-order valence-corrected chi connectivity index (χ1v) is 19.3. The molecule has 14 heteroatoms. The van der Waals surface area contributed by atoms with Gasteiger partial charge in [0, 0.05) is 32.0 Å². The van der Waals surface area contributed by atoms with Crippen molar-refractivity contribution in [1.82, 2.24) is 5.32 Å². The maximum Gasteiger partial charge on any atom is 0.492 e. The third-order valence-electron chi connectivity index (χ3n) is 9.91. The van der Waals surface area contributed by atoms with E-state index in [-0.39, 0.29) is 53.5 Å². The number of esters is 1. The summed E-state index contributed by atoms with van der Waals surface area (Å²) < 4.78 is 16.1. The molecule has 0 radical (unpaired) electrons. The maximum atomic E-state index is 12.6. The molecule has 2 unspecified atom stereocenters. The average molecular weight is 829 g/mol. The molecule has 0 saturated carbocycles. The van der Waals surface area contributed by atoms with Crippen LogP contribution in [0, 0.1) is 34.6 Å². The molecule has 2 aliphatic rings. The fourth-order valence-corrected chi connectivity index (χ4v) is 8.13. The molecule has 1 amide bonds. The molecule has 2 aliphatic heterocycles. The van der Waals surface area contributed by atoms with Crippen LogP contribution in [0.25, 0.3) is 0 Å². The van der Waals surface area contributed by atoms with E-state index in [1.807, 2.05) is 61.5 Å². The molecule has 0 saturated heterocycles. The Morgan fingerprint density at radius 2 is 1.19 bits per heavy atom. The number of carbonyl (C=O) groups excluding carboxylic acids is 4. The first-order chi connectivity index (χ1) is 27.1. The van der Waals surface area contributed by atoms with Gasteiger partial charge in [-0.3, -0.25) is 9.59 Å². The number of hydrogen-bond acceptors (Lipinski definition) is 10. The topological polar surface area (TPSA) is 174 Å². The Kier molecular flexibility index (Phi) is 19.0. The van der Waals surface area contributed by atoms with Gasteiger partial charge in [-0.15, -0.1) is 12.4 Å². The van der Waals surface area contributed by atoms with Gasteiger partial charge in [0.05, 0.1) is 12.2 Å². The van der Waals surface area contributed by atoms with E-state index in [4.69, 9.17) is 29.4 Å². The lowest BCUT2D eigenvalue weighted by Crippen LogP contribution is -2.34. The van der Waals surface area contributed by atoms with Crippen LogP contribution in [0.4, 0.5) is 0 Å². The summed E-state index contributed by atoms with van der Waals surface area (Å²) in [5.74, 6) is 0.412. The molecule has 11 nitrogen and oxygen atoms in total. The maximum absolute atomic E-state index is 12.6. The molecular weight excluding hydrogens is 770 g/mol. The predicted octanol–water partition coefficient (Wildman–Crippen LogP) is 5.62. The standard InChI is InChI=1S/C22H28BNO3.C14H20O2.C8H10BNO2.CO2.ClH/c1-14-10-15(2)21(16(3)11-14)22(4,5)12-20(25)24-13-19-17-8-6-7-9-18(17)23(26)27-19;1-9-7-10(2)13(14(4,5)6)12(8-9)16-11(3)15;10-5-8-6-3-1-2-4-7(6)9(11)12-8;2-1-3;/h6-11,19,26H,12-13H2,1-5H3,(H,24,25);7-8H,1-6H3;1-4,8,11H,5,10H2;;1H. The number of halogens is 1. The van der Waals surface area contributed by atoms with Gasteiger partial charge in [-0.05, 0) is 101 Å². The van der Waals surface area contributed by atoms with Gasteiger partial charge in [0.1, 0.15) is 5.75 Å². The molecule has 316 valence electrons. The highest BCUT2D eigenvalue weighted by molar-refractivity contribution is 6.62. The number of rotatable bonds is 7. The second-order valence-corrected chi connectivity index (χ2v) is 16.5. The van der Waals surface area contributed by atoms with E-state index < -0.39 is 14.2 Å². The summed E-state index contributed by atoms with van der Waals surface area (Å²) >= 11 is 0. The van der Waals surface area contributed by atoms with Gasteiger partial charge in [0.2, 0.25) is 5.91 Å². The van der Waals surface area contributed by atoms with Crippen LogP contribution in [-0.4, -0.2) is 55.4 Å². The van der Waals surface area contributed by atoms with Gasteiger partial charge >= 0.3 is 26.4 Å². The van der Waals surface area contributed by atoms with Crippen LogP contribution in [0.1, 0.15) is 110 Å². The lowest BCUT2D eigenvalue weighted by Gasteiger charge is -2.29. The van der Waals surface area contributed by atoms with Crippen molar-refractivity contribution in [1.29, 1.82) is 0 Å². The number of ether oxygens (including phenoxy) is 1. The highest BCUT2D eigenvalue weighted by Crippen LogP contribution is 2.36. The Morgan fingerprint density at radius 3 is 1.64 bits per heavy atom. The molecule has 0 spiro atoms. The third-order valence-corrected chi connectivity index (χ3v) is 9.91. The summed E-state index contributed by atoms with van der Waals surface area (Å²) in [6, 6.07) is 23.6. The number of fused-ring (bicyclic) bond motifs is 2. The molecule has 5 N–H and O–H groups in total. The summed E-state index contributed by atoms with van der Waals surface area (Å²) in [5, 5.41) is 22.4. The molecule has 4 aromatic carbocycles. The normalized spacial score (nSPS) is 15.0. The Labute approximate surface area is 356 Å². The quantitative estimate of drug-likeness (QED) is 0.104. The second kappa shape index (κ2) is 22.1. The fourth-order valence-electron chi connectivity index (χ4n) is 8.13. The van der Waals surface area contributed by atoms with Crippen molar-refractivity contribution in [2.75, 3.05) is 13.1 Å². The summed E-state index contributed by atoms with van der Waals surface area (Å²) in [6.45, 7) is 23.2. The van der Waals surface area contributed by atoms with Crippen LogP contribution in [-0.2, 0) is 39.3 Å². The van der Waals surface area contributed by atoms with Crippen molar-refractivity contribution in [3.63, 3.8) is 0 Å². The summed E-state index contributed by atoms with van der Waals surface area (Å²) in [5.41, 5.74) is 17.1. The van der Waals surface area contributed by atoms with Gasteiger partial charge in [-0.1, -0.05) is 107 Å². The average Bonchev–Trinajstić information content (AvgIpc) is 3.61. The minimum Gasteiger partial charge on any atom is -0.426 e. The third kappa shape index (κ3) is 13.7. The van der Waals surface area contributed by atoms with Crippen molar-refractivity contribution in [2.24, 2.45) is 5.73 Å². The molecule has 4 aromatic rings. The van der Waals surface area contributed by atoms with Crippen LogP contribution in [0.2, 0.25) is 0 Å². The molecule has 0 fully saturated rings. The number of hydrogen-bond donors (Lipinski definition) is 4. The fraction of sp³-hybridized carbons (Fsp3) is 0.400. The molecule has 2 atom stereocenters. The predicted molar refractivity (Wildman–Crippen MR) is 234 cm³/mol. The minimum atomic E-state index is -0.919. The monoisotopic (exact) mass is 828 g/mol. The SMILES string of the molecule is CC(=O)Oc1cc(C)cc(C)c1C(C)(C)C.Cc1cc(C)c(C(C)(C)CC(=O)NCC2OB(O)c3ccccc32)c(C)c1.Cl.NCC1OB(O)c2ccccc21.O=C=O. The highest BCUT2D eigenvalue weighted by Gasteiger charge is 2.36. The number of carbonyl (C=O) groups is 2.